The van der Waals surface area contributed by atoms with Crippen LogP contribution in [-0.4, -0.2) is 27.1 Å². The number of anilines is 1. The Balaban J connectivity index is 1.78. The second-order valence-electron chi connectivity index (χ2n) is 4.34. The van der Waals surface area contributed by atoms with Gasteiger partial charge in [-0.25, -0.2) is 9.78 Å². The van der Waals surface area contributed by atoms with Crippen LogP contribution in [0.4, 0.5) is 10.7 Å². The lowest BCUT2D eigenvalue weighted by molar-refractivity contribution is -0.136. The van der Waals surface area contributed by atoms with Crippen LogP contribution < -0.4 is 5.32 Å². The van der Waals surface area contributed by atoms with Gasteiger partial charge in [-0.15, -0.1) is 0 Å². The number of carbonyl (C=O) groups excluding carboxylic acids is 1. The first-order valence-corrected chi connectivity index (χ1v) is 6.37. The highest BCUT2D eigenvalue weighted by molar-refractivity contribution is 5.82. The van der Waals surface area contributed by atoms with Crippen LogP contribution in [0, 0.1) is 0 Å². The zero-order chi connectivity index (χ0) is 15.1. The van der Waals surface area contributed by atoms with Gasteiger partial charge in [0, 0.05) is 5.69 Å². The number of aromatic nitrogens is 2. The Hall–Kier alpha value is -2.83. The zero-order valence-corrected chi connectivity index (χ0v) is 11.2. The number of carbonyl (C=O) groups is 2. The maximum absolute atomic E-state index is 11.6. The number of benzene rings is 1. The molecular weight excluding hydrogens is 274 g/mol. The Morgan fingerprint density at radius 1 is 1.29 bits per heavy atom. The highest BCUT2D eigenvalue weighted by atomic mass is 16.5. The third-order valence-corrected chi connectivity index (χ3v) is 2.67. The van der Waals surface area contributed by atoms with E-state index in [0.29, 0.717) is 12.1 Å². The third kappa shape index (κ3) is 4.98. The molecule has 0 radical (unpaired) electrons. The van der Waals surface area contributed by atoms with Gasteiger partial charge in [-0.3, -0.25) is 10.1 Å². The second kappa shape index (κ2) is 7.09. The van der Waals surface area contributed by atoms with E-state index in [1.165, 1.54) is 6.20 Å². The maximum Gasteiger partial charge on any atom is 0.414 e. The number of H-pyrrole nitrogens is 1. The molecule has 3 N–H and O–H groups in total. The smallest absolute Gasteiger partial charge is 0.414 e. The molecule has 0 spiro atoms. The molecule has 7 nitrogen and oxygen atoms in total. The van der Waals surface area contributed by atoms with Crippen molar-refractivity contribution in [1.82, 2.24) is 9.97 Å². The van der Waals surface area contributed by atoms with Gasteiger partial charge in [-0.1, -0.05) is 30.3 Å². The normalized spacial score (nSPS) is 10.1. The van der Waals surface area contributed by atoms with Crippen molar-refractivity contribution in [2.24, 2.45) is 0 Å². The Kier molecular flexibility index (Phi) is 4.92. The topological polar surface area (TPSA) is 104 Å². The molecule has 0 atom stereocenters. The van der Waals surface area contributed by atoms with Crippen LogP contribution in [0.2, 0.25) is 0 Å². The molecule has 1 amide bonds. The summed E-state index contributed by atoms with van der Waals surface area (Å²) in [4.78, 5) is 28.8. The molecular formula is C14H15N3O4. The molecule has 2 aromatic rings. The molecule has 2 rings (SSSR count). The van der Waals surface area contributed by atoms with E-state index >= 15 is 0 Å². The molecule has 1 aromatic heterocycles. The van der Waals surface area contributed by atoms with Crippen molar-refractivity contribution in [2.45, 2.75) is 19.4 Å². The number of hydrogen-bond donors (Lipinski definition) is 3. The number of rotatable bonds is 6. The highest BCUT2D eigenvalue weighted by Crippen LogP contribution is 2.06. The second-order valence-corrected chi connectivity index (χ2v) is 4.34. The van der Waals surface area contributed by atoms with Crippen molar-refractivity contribution in [2.75, 3.05) is 5.32 Å². The quantitative estimate of drug-likeness (QED) is 0.756. The van der Waals surface area contributed by atoms with E-state index in [9.17, 15) is 9.59 Å². The summed E-state index contributed by atoms with van der Waals surface area (Å²) >= 11 is 0. The van der Waals surface area contributed by atoms with Crippen LogP contribution >= 0.6 is 0 Å². The van der Waals surface area contributed by atoms with E-state index in [1.807, 2.05) is 30.3 Å². The van der Waals surface area contributed by atoms with Crippen molar-refractivity contribution in [1.29, 1.82) is 0 Å². The number of carboxylic acid groups (broad SMARTS) is 1. The molecule has 0 aliphatic heterocycles. The Bertz CT molecular complexity index is 610. The first-order valence-electron chi connectivity index (χ1n) is 6.37. The van der Waals surface area contributed by atoms with Crippen LogP contribution in [0.25, 0.3) is 0 Å². The predicted molar refractivity (Wildman–Crippen MR) is 74.8 cm³/mol. The molecule has 0 bridgehead atoms. The summed E-state index contributed by atoms with van der Waals surface area (Å²) in [7, 11) is 0. The minimum Gasteiger partial charge on any atom is -0.481 e. The average Bonchev–Trinajstić information content (AvgIpc) is 2.91. The summed E-state index contributed by atoms with van der Waals surface area (Å²) in [5.74, 6) is -0.658. The van der Waals surface area contributed by atoms with E-state index < -0.39 is 12.1 Å². The molecule has 7 heteroatoms. The predicted octanol–water partition coefficient (Wildman–Crippen LogP) is 2.18. The minimum absolute atomic E-state index is 0.0000862. The molecule has 110 valence electrons. The van der Waals surface area contributed by atoms with Crippen molar-refractivity contribution in [3.8, 4) is 0 Å². The van der Waals surface area contributed by atoms with Crippen LogP contribution in [0.5, 0.6) is 0 Å². The number of imidazole rings is 1. The number of nitrogens with one attached hydrogen (secondary N) is 2. The van der Waals surface area contributed by atoms with Gasteiger partial charge < -0.3 is 14.8 Å². The summed E-state index contributed by atoms with van der Waals surface area (Å²) < 4.78 is 5.04. The first kappa shape index (κ1) is 14.6. The number of nitrogens with zero attached hydrogens (tertiary/aromatic N) is 1. The lowest BCUT2D eigenvalue weighted by Crippen LogP contribution is -2.14. The maximum atomic E-state index is 11.6. The van der Waals surface area contributed by atoms with Crippen molar-refractivity contribution in [3.05, 3.63) is 47.8 Å². The van der Waals surface area contributed by atoms with E-state index in [4.69, 9.17) is 9.84 Å². The highest BCUT2D eigenvalue weighted by Gasteiger charge is 2.08. The molecule has 0 saturated heterocycles. The molecule has 0 aliphatic rings. The van der Waals surface area contributed by atoms with E-state index in [-0.39, 0.29) is 19.0 Å². The monoisotopic (exact) mass is 289 g/mol. The lowest BCUT2D eigenvalue weighted by atomic mass is 10.2. The fourth-order valence-corrected chi connectivity index (χ4v) is 1.65. The van der Waals surface area contributed by atoms with Gasteiger partial charge in [-0.2, -0.15) is 0 Å². The molecule has 21 heavy (non-hydrogen) atoms. The number of aromatic amines is 1. The van der Waals surface area contributed by atoms with Crippen LogP contribution in [-0.2, 0) is 22.6 Å². The first-order chi connectivity index (χ1) is 10.1. The van der Waals surface area contributed by atoms with Crippen molar-refractivity contribution in [3.63, 3.8) is 0 Å². The summed E-state index contributed by atoms with van der Waals surface area (Å²) in [5.41, 5.74) is 1.52. The van der Waals surface area contributed by atoms with E-state index in [1.54, 1.807) is 0 Å². The van der Waals surface area contributed by atoms with E-state index in [2.05, 4.69) is 15.3 Å². The Morgan fingerprint density at radius 3 is 2.76 bits per heavy atom. The molecule has 0 saturated carbocycles. The van der Waals surface area contributed by atoms with Crippen LogP contribution in [0.3, 0.4) is 0 Å². The zero-order valence-electron chi connectivity index (χ0n) is 11.2. The Morgan fingerprint density at radius 2 is 2.05 bits per heavy atom. The summed E-state index contributed by atoms with van der Waals surface area (Å²) in [6.07, 6.45) is 1.18. The molecule has 1 heterocycles. The number of aliphatic carboxylic acids is 1. The van der Waals surface area contributed by atoms with Crippen molar-refractivity contribution < 1.29 is 19.4 Å². The molecule has 1 aromatic carbocycles. The summed E-state index contributed by atoms with van der Waals surface area (Å²) in [5, 5.41) is 11.0. The largest absolute Gasteiger partial charge is 0.481 e. The van der Waals surface area contributed by atoms with Crippen LogP contribution in [0.1, 0.15) is 17.7 Å². The molecule has 0 fully saturated rings. The fraction of sp³-hybridized carbons (Fsp3) is 0.214. The summed E-state index contributed by atoms with van der Waals surface area (Å²) in [6, 6.07) is 9.30. The number of carboxylic acids is 1. The Labute approximate surface area is 121 Å². The van der Waals surface area contributed by atoms with Gasteiger partial charge in [0.05, 0.1) is 12.6 Å². The number of amides is 1. The van der Waals surface area contributed by atoms with Gasteiger partial charge in [0.15, 0.2) is 0 Å². The van der Waals surface area contributed by atoms with E-state index in [0.717, 1.165) is 5.56 Å². The van der Waals surface area contributed by atoms with Crippen molar-refractivity contribution >= 4 is 18.0 Å². The standard InChI is InChI=1S/C14H15N3O4/c18-12(19)7-6-11-8-15-13(16-11)17-14(20)21-9-10-4-2-1-3-5-10/h1-5,8H,6-7,9H2,(H,18,19)(H2,15,16,17,20). The SMILES string of the molecule is O=C(O)CCc1cnc(NC(=O)OCc2ccccc2)[nH]1. The van der Waals surface area contributed by atoms with Gasteiger partial charge in [0.25, 0.3) is 0 Å². The summed E-state index contributed by atoms with van der Waals surface area (Å²) in [6.45, 7) is 0.166. The molecule has 0 unspecified atom stereocenters. The minimum atomic E-state index is -0.888. The average molecular weight is 289 g/mol. The lowest BCUT2D eigenvalue weighted by Gasteiger charge is -2.04. The van der Waals surface area contributed by atoms with Gasteiger partial charge >= 0.3 is 12.1 Å². The van der Waals surface area contributed by atoms with Gasteiger partial charge in [-0.05, 0) is 12.0 Å². The fourth-order valence-electron chi connectivity index (χ4n) is 1.65. The third-order valence-electron chi connectivity index (χ3n) is 2.67. The molecule has 0 aliphatic carbocycles. The number of hydrogen-bond acceptors (Lipinski definition) is 4. The number of aryl methyl sites for hydroxylation is 1. The van der Waals surface area contributed by atoms with Gasteiger partial charge in [0.1, 0.15) is 6.61 Å². The van der Waals surface area contributed by atoms with Gasteiger partial charge in [0.2, 0.25) is 5.95 Å². The van der Waals surface area contributed by atoms with Crippen LogP contribution in [0.15, 0.2) is 36.5 Å². The number of ether oxygens (including phenoxy) is 1.